The second kappa shape index (κ2) is 5.35. The number of esters is 1. The number of hydrogen-bond donors (Lipinski definition) is 1. The van der Waals surface area contributed by atoms with Crippen LogP contribution in [0.15, 0.2) is 0 Å². The van der Waals surface area contributed by atoms with Gasteiger partial charge in [0.15, 0.2) is 0 Å². The van der Waals surface area contributed by atoms with E-state index in [-0.39, 0.29) is 11.9 Å². The van der Waals surface area contributed by atoms with E-state index in [0.717, 1.165) is 6.42 Å². The molecular formula is C11H21NO2. The van der Waals surface area contributed by atoms with Crippen LogP contribution in [0.5, 0.6) is 0 Å². The number of ether oxygens (including phenoxy) is 1. The Bertz CT molecular complexity index is 190. The smallest absolute Gasteiger partial charge is 0.310 e. The van der Waals surface area contributed by atoms with Crippen LogP contribution in [-0.2, 0) is 9.53 Å². The second-order valence-corrected chi connectivity index (χ2v) is 4.04. The zero-order chi connectivity index (χ0) is 10.6. The van der Waals surface area contributed by atoms with Gasteiger partial charge >= 0.3 is 5.97 Å². The first-order chi connectivity index (χ1) is 6.74. The lowest BCUT2D eigenvalue weighted by Gasteiger charge is -2.37. The lowest BCUT2D eigenvalue weighted by atomic mass is 9.74. The van der Waals surface area contributed by atoms with Crippen molar-refractivity contribution in [2.75, 3.05) is 14.2 Å². The van der Waals surface area contributed by atoms with E-state index >= 15 is 0 Å². The van der Waals surface area contributed by atoms with Crippen LogP contribution in [0.25, 0.3) is 0 Å². The Balaban J connectivity index is 2.58. The topological polar surface area (TPSA) is 38.3 Å². The summed E-state index contributed by atoms with van der Waals surface area (Å²) in [5, 5.41) is 3.27. The van der Waals surface area contributed by atoms with Gasteiger partial charge in [-0.15, -0.1) is 0 Å². The highest BCUT2D eigenvalue weighted by molar-refractivity contribution is 5.73. The van der Waals surface area contributed by atoms with Crippen LogP contribution in [0.4, 0.5) is 0 Å². The number of carbonyl (C=O) groups is 1. The van der Waals surface area contributed by atoms with Crippen LogP contribution in [0.3, 0.4) is 0 Å². The number of methoxy groups -OCH3 is 1. The van der Waals surface area contributed by atoms with Crippen molar-refractivity contribution in [3.63, 3.8) is 0 Å². The monoisotopic (exact) mass is 199 g/mol. The molecule has 1 rings (SSSR count). The number of rotatable bonds is 5. The minimum absolute atomic E-state index is 0.0234. The van der Waals surface area contributed by atoms with Crippen molar-refractivity contribution in [2.45, 2.75) is 38.6 Å². The summed E-state index contributed by atoms with van der Waals surface area (Å²) in [6, 6.07) is 0.307. The van der Waals surface area contributed by atoms with Crippen molar-refractivity contribution in [1.29, 1.82) is 0 Å². The van der Waals surface area contributed by atoms with Gasteiger partial charge in [-0.3, -0.25) is 4.79 Å². The quantitative estimate of drug-likeness (QED) is 0.683. The third-order valence-electron chi connectivity index (χ3n) is 3.37. The minimum atomic E-state index is -0.0706. The molecule has 2 atom stereocenters. The average molecular weight is 199 g/mol. The Morgan fingerprint density at radius 2 is 2.21 bits per heavy atom. The fourth-order valence-electron chi connectivity index (χ4n) is 2.28. The summed E-state index contributed by atoms with van der Waals surface area (Å²) in [6.07, 6.45) is 4.66. The van der Waals surface area contributed by atoms with E-state index in [1.165, 1.54) is 26.4 Å². The maximum Gasteiger partial charge on any atom is 0.310 e. The zero-order valence-corrected chi connectivity index (χ0v) is 9.38. The molecule has 1 aliphatic rings. The van der Waals surface area contributed by atoms with Gasteiger partial charge in [-0.25, -0.2) is 0 Å². The third-order valence-corrected chi connectivity index (χ3v) is 3.37. The predicted octanol–water partition coefficient (Wildman–Crippen LogP) is 1.57. The summed E-state index contributed by atoms with van der Waals surface area (Å²) in [5.74, 6) is 0.623. The van der Waals surface area contributed by atoms with Crippen LogP contribution < -0.4 is 5.32 Å². The molecule has 0 spiro atoms. The summed E-state index contributed by atoms with van der Waals surface area (Å²) in [5.41, 5.74) is 0. The Hall–Kier alpha value is -0.570. The molecule has 0 amide bonds. The van der Waals surface area contributed by atoms with E-state index in [2.05, 4.69) is 5.32 Å². The fourth-order valence-corrected chi connectivity index (χ4v) is 2.28. The third kappa shape index (κ3) is 2.27. The lowest BCUT2D eigenvalue weighted by Crippen LogP contribution is -2.46. The van der Waals surface area contributed by atoms with Gasteiger partial charge in [0.2, 0.25) is 0 Å². The molecule has 0 aromatic carbocycles. The van der Waals surface area contributed by atoms with E-state index < -0.39 is 0 Å². The molecule has 0 aromatic rings. The van der Waals surface area contributed by atoms with E-state index in [4.69, 9.17) is 4.74 Å². The van der Waals surface area contributed by atoms with Crippen molar-refractivity contribution < 1.29 is 9.53 Å². The molecule has 1 N–H and O–H groups in total. The van der Waals surface area contributed by atoms with Gasteiger partial charge in [0, 0.05) is 6.04 Å². The largest absolute Gasteiger partial charge is 0.469 e. The van der Waals surface area contributed by atoms with Gasteiger partial charge in [-0.1, -0.05) is 13.3 Å². The molecule has 0 radical (unpaired) electrons. The molecule has 0 aliphatic heterocycles. The Labute approximate surface area is 86.2 Å². The summed E-state index contributed by atoms with van der Waals surface area (Å²) >= 11 is 0. The number of nitrogens with one attached hydrogen (secondary N) is 1. The Morgan fingerprint density at radius 1 is 1.57 bits per heavy atom. The molecule has 82 valence electrons. The Kier molecular flexibility index (Phi) is 4.39. The molecule has 3 heteroatoms. The SMILES string of the molecule is CCC(C(=O)OC)C(NC)C1CCC1. The van der Waals surface area contributed by atoms with Crippen molar-refractivity contribution in [1.82, 2.24) is 5.32 Å². The van der Waals surface area contributed by atoms with Crippen LogP contribution in [0, 0.1) is 11.8 Å². The molecule has 1 saturated carbocycles. The van der Waals surface area contributed by atoms with Gasteiger partial charge in [-0.2, -0.15) is 0 Å². The van der Waals surface area contributed by atoms with E-state index in [0.29, 0.717) is 12.0 Å². The fraction of sp³-hybridized carbons (Fsp3) is 0.909. The van der Waals surface area contributed by atoms with Crippen molar-refractivity contribution in [2.24, 2.45) is 11.8 Å². The van der Waals surface area contributed by atoms with Crippen LogP contribution >= 0.6 is 0 Å². The van der Waals surface area contributed by atoms with Gasteiger partial charge in [0.1, 0.15) is 0 Å². The molecule has 1 fully saturated rings. The average Bonchev–Trinajstić information content (AvgIpc) is 2.13. The van der Waals surface area contributed by atoms with Crippen molar-refractivity contribution in [3.8, 4) is 0 Å². The normalized spacial score (nSPS) is 21.1. The van der Waals surface area contributed by atoms with Crippen LogP contribution in [-0.4, -0.2) is 26.2 Å². The standard InChI is InChI=1S/C11H21NO2/c1-4-9(11(13)14-3)10(12-2)8-6-5-7-8/h8-10,12H,4-7H2,1-3H3. The molecule has 0 saturated heterocycles. The molecule has 2 unspecified atom stereocenters. The first-order valence-corrected chi connectivity index (χ1v) is 5.49. The van der Waals surface area contributed by atoms with E-state index in [1.54, 1.807) is 0 Å². The van der Waals surface area contributed by atoms with E-state index in [9.17, 15) is 4.79 Å². The highest BCUT2D eigenvalue weighted by Crippen LogP contribution is 2.33. The Morgan fingerprint density at radius 3 is 2.50 bits per heavy atom. The molecule has 3 nitrogen and oxygen atoms in total. The second-order valence-electron chi connectivity index (χ2n) is 4.04. The molecule has 0 heterocycles. The summed E-state index contributed by atoms with van der Waals surface area (Å²) in [4.78, 5) is 11.5. The number of hydrogen-bond acceptors (Lipinski definition) is 3. The number of carbonyl (C=O) groups excluding carboxylic acids is 1. The van der Waals surface area contributed by atoms with Gasteiger partial charge in [-0.05, 0) is 32.2 Å². The van der Waals surface area contributed by atoms with Gasteiger partial charge in [0.05, 0.1) is 13.0 Å². The molecule has 0 bridgehead atoms. The molecule has 1 aliphatic carbocycles. The maximum atomic E-state index is 11.5. The first-order valence-electron chi connectivity index (χ1n) is 5.49. The maximum absolute atomic E-state index is 11.5. The highest BCUT2D eigenvalue weighted by Gasteiger charge is 2.35. The highest BCUT2D eigenvalue weighted by atomic mass is 16.5. The first kappa shape index (κ1) is 11.5. The van der Waals surface area contributed by atoms with Gasteiger partial charge in [0.25, 0.3) is 0 Å². The summed E-state index contributed by atoms with van der Waals surface area (Å²) in [7, 11) is 3.41. The van der Waals surface area contributed by atoms with E-state index in [1.807, 2.05) is 14.0 Å². The summed E-state index contributed by atoms with van der Waals surface area (Å²) < 4.78 is 4.83. The van der Waals surface area contributed by atoms with Crippen LogP contribution in [0.1, 0.15) is 32.6 Å². The lowest BCUT2D eigenvalue weighted by molar-refractivity contribution is -0.147. The van der Waals surface area contributed by atoms with Crippen molar-refractivity contribution >= 4 is 5.97 Å². The minimum Gasteiger partial charge on any atom is -0.469 e. The zero-order valence-electron chi connectivity index (χ0n) is 9.38. The molecule has 0 aromatic heterocycles. The molecule has 14 heavy (non-hydrogen) atoms. The molecular weight excluding hydrogens is 178 g/mol. The predicted molar refractivity (Wildman–Crippen MR) is 56.0 cm³/mol. The summed E-state index contributed by atoms with van der Waals surface area (Å²) in [6.45, 7) is 2.05. The van der Waals surface area contributed by atoms with Crippen molar-refractivity contribution in [3.05, 3.63) is 0 Å². The van der Waals surface area contributed by atoms with Gasteiger partial charge < -0.3 is 10.1 Å². The van der Waals surface area contributed by atoms with Crippen LogP contribution in [0.2, 0.25) is 0 Å².